The fourth-order valence-corrected chi connectivity index (χ4v) is 6.16. The molecule has 0 saturated heterocycles. The van der Waals surface area contributed by atoms with Gasteiger partial charge < -0.3 is 34.3 Å². The second kappa shape index (κ2) is 10.3. The zero-order valence-corrected chi connectivity index (χ0v) is 21.9. The standard InChI is InChI=1S/C31H32O8/c1-4-5-9-16-38-22-17-23(37-3)27-24(18-22)39-31(20-12-14-21(36-2)15-13-20)26(19-10-7-6-8-11-19)25(29(33)34)28(32)30(27,31)35/h4,6-8,10-15,17-18,25-26,28,32,35H,1,5,9,16H2,2-3H3,(H,33,34)/t25-,26-,28-,30+,31+/m1/s1. The van der Waals surface area contributed by atoms with Crippen LogP contribution in [0.3, 0.4) is 0 Å². The number of carbonyl (C=O) groups is 1. The van der Waals surface area contributed by atoms with Crippen LogP contribution in [0, 0.1) is 5.92 Å². The lowest BCUT2D eigenvalue weighted by Gasteiger charge is -2.40. The minimum Gasteiger partial charge on any atom is -0.497 e. The van der Waals surface area contributed by atoms with Crippen molar-refractivity contribution in [3.8, 4) is 23.0 Å². The molecule has 0 bridgehead atoms. The van der Waals surface area contributed by atoms with Crippen molar-refractivity contribution in [1.82, 2.24) is 0 Å². The van der Waals surface area contributed by atoms with Crippen molar-refractivity contribution in [2.45, 2.75) is 36.1 Å². The number of unbranched alkanes of at least 4 members (excludes halogenated alkanes) is 1. The Morgan fingerprint density at radius 1 is 1.05 bits per heavy atom. The van der Waals surface area contributed by atoms with Crippen molar-refractivity contribution in [3.63, 3.8) is 0 Å². The van der Waals surface area contributed by atoms with Crippen LogP contribution in [0.4, 0.5) is 0 Å². The van der Waals surface area contributed by atoms with Crippen LogP contribution in [0.5, 0.6) is 23.0 Å². The van der Waals surface area contributed by atoms with Crippen molar-refractivity contribution < 1.29 is 39.1 Å². The molecule has 5 rings (SSSR count). The van der Waals surface area contributed by atoms with E-state index < -0.39 is 35.1 Å². The molecule has 0 unspecified atom stereocenters. The van der Waals surface area contributed by atoms with Crippen molar-refractivity contribution in [2.24, 2.45) is 5.92 Å². The average Bonchev–Trinajstić information content (AvgIpc) is 3.33. The normalized spacial score (nSPS) is 26.7. The Labute approximate surface area is 227 Å². The highest BCUT2D eigenvalue weighted by Crippen LogP contribution is 2.70. The predicted molar refractivity (Wildman–Crippen MR) is 143 cm³/mol. The number of ether oxygens (including phenoxy) is 4. The molecule has 8 nitrogen and oxygen atoms in total. The first-order valence-corrected chi connectivity index (χ1v) is 12.8. The molecule has 204 valence electrons. The summed E-state index contributed by atoms with van der Waals surface area (Å²) in [6.45, 7) is 4.16. The molecule has 0 amide bonds. The largest absolute Gasteiger partial charge is 0.497 e. The van der Waals surface area contributed by atoms with Gasteiger partial charge in [0.05, 0.1) is 32.3 Å². The first-order valence-electron chi connectivity index (χ1n) is 12.8. The van der Waals surface area contributed by atoms with Gasteiger partial charge in [-0.05, 0) is 36.1 Å². The fraction of sp³-hybridized carbons (Fsp3) is 0.323. The number of hydrogen-bond acceptors (Lipinski definition) is 7. The molecule has 3 N–H and O–H groups in total. The van der Waals surface area contributed by atoms with Crippen LogP contribution in [0.1, 0.15) is 35.4 Å². The van der Waals surface area contributed by atoms with E-state index in [1.807, 2.05) is 12.1 Å². The topological polar surface area (TPSA) is 115 Å². The number of aliphatic carboxylic acids is 1. The number of aliphatic hydroxyl groups excluding tert-OH is 1. The van der Waals surface area contributed by atoms with Crippen LogP contribution in [0.15, 0.2) is 79.4 Å². The van der Waals surface area contributed by atoms with Gasteiger partial charge in [-0.2, -0.15) is 0 Å². The molecular formula is C31H32O8. The molecule has 3 aromatic rings. The van der Waals surface area contributed by atoms with Crippen molar-refractivity contribution in [1.29, 1.82) is 0 Å². The Morgan fingerprint density at radius 2 is 1.77 bits per heavy atom. The Hall–Kier alpha value is -4.01. The molecule has 1 aliphatic carbocycles. The molecular weight excluding hydrogens is 500 g/mol. The minimum absolute atomic E-state index is 0.177. The van der Waals surface area contributed by atoms with Gasteiger partial charge in [0.1, 0.15) is 29.1 Å². The van der Waals surface area contributed by atoms with E-state index >= 15 is 0 Å². The van der Waals surface area contributed by atoms with E-state index in [0.29, 0.717) is 29.2 Å². The van der Waals surface area contributed by atoms with E-state index in [0.717, 1.165) is 12.8 Å². The lowest BCUT2D eigenvalue weighted by Crippen LogP contribution is -2.52. The Balaban J connectivity index is 1.76. The number of carboxylic acids is 1. The van der Waals surface area contributed by atoms with E-state index in [1.54, 1.807) is 67.8 Å². The third-order valence-electron chi connectivity index (χ3n) is 7.83. The maximum absolute atomic E-state index is 12.7. The maximum atomic E-state index is 12.7. The second-order valence-electron chi connectivity index (χ2n) is 9.81. The van der Waals surface area contributed by atoms with Crippen LogP contribution in [0.2, 0.25) is 0 Å². The number of allylic oxidation sites excluding steroid dienone is 1. The monoisotopic (exact) mass is 532 g/mol. The summed E-state index contributed by atoms with van der Waals surface area (Å²) in [4.78, 5) is 12.7. The molecule has 0 radical (unpaired) electrons. The molecule has 0 spiro atoms. The van der Waals surface area contributed by atoms with Gasteiger partial charge in [0.2, 0.25) is 0 Å². The molecule has 1 saturated carbocycles. The zero-order chi connectivity index (χ0) is 27.8. The SMILES string of the molecule is C=CCCCOc1cc(OC)c2c(c1)O[C@@]1(c3ccc(OC)cc3)[C@H](c3ccccc3)[C@@H](C(=O)O)[C@@H](O)[C@@]21O. The van der Waals surface area contributed by atoms with E-state index in [1.165, 1.54) is 7.11 Å². The molecule has 1 heterocycles. The minimum atomic E-state index is -2.19. The number of aliphatic hydroxyl groups is 2. The van der Waals surface area contributed by atoms with Crippen LogP contribution in [-0.4, -0.2) is 48.2 Å². The fourth-order valence-electron chi connectivity index (χ4n) is 6.16. The molecule has 8 heteroatoms. The summed E-state index contributed by atoms with van der Waals surface area (Å²) in [5, 5.41) is 34.8. The summed E-state index contributed by atoms with van der Waals surface area (Å²) in [5.41, 5.74) is -2.65. The van der Waals surface area contributed by atoms with Crippen LogP contribution < -0.4 is 18.9 Å². The molecule has 5 atom stereocenters. The molecule has 2 aliphatic rings. The van der Waals surface area contributed by atoms with Gasteiger partial charge in [-0.25, -0.2) is 0 Å². The third kappa shape index (κ3) is 3.94. The number of carboxylic acid groups (broad SMARTS) is 1. The number of methoxy groups -OCH3 is 2. The first kappa shape index (κ1) is 26.6. The van der Waals surface area contributed by atoms with E-state index in [4.69, 9.17) is 18.9 Å². The number of fused-ring (bicyclic) bond motifs is 3. The highest BCUT2D eigenvalue weighted by atomic mass is 16.5. The lowest BCUT2D eigenvalue weighted by atomic mass is 9.70. The van der Waals surface area contributed by atoms with Crippen LogP contribution in [0.25, 0.3) is 0 Å². The third-order valence-corrected chi connectivity index (χ3v) is 7.83. The molecule has 1 aliphatic heterocycles. The zero-order valence-electron chi connectivity index (χ0n) is 21.9. The summed E-state index contributed by atoms with van der Waals surface area (Å²) < 4.78 is 23.7. The van der Waals surface area contributed by atoms with Gasteiger partial charge in [0, 0.05) is 18.1 Å². The summed E-state index contributed by atoms with van der Waals surface area (Å²) in [5.74, 6) is -2.12. The number of benzene rings is 3. The Kier molecular flexibility index (Phi) is 7.01. The lowest BCUT2D eigenvalue weighted by molar-refractivity contribution is -0.159. The summed E-state index contributed by atoms with van der Waals surface area (Å²) in [7, 11) is 2.98. The number of rotatable bonds is 10. The van der Waals surface area contributed by atoms with Gasteiger partial charge in [-0.3, -0.25) is 4.79 Å². The Bertz CT molecular complexity index is 1360. The van der Waals surface area contributed by atoms with Gasteiger partial charge in [0.25, 0.3) is 0 Å². The van der Waals surface area contributed by atoms with Crippen molar-refractivity contribution >= 4 is 5.97 Å². The maximum Gasteiger partial charge on any atom is 0.310 e. The highest BCUT2D eigenvalue weighted by Gasteiger charge is 2.78. The summed E-state index contributed by atoms with van der Waals surface area (Å²) in [6, 6.07) is 19.1. The highest BCUT2D eigenvalue weighted by molar-refractivity contribution is 5.77. The molecule has 3 aromatic carbocycles. The van der Waals surface area contributed by atoms with Gasteiger partial charge in [-0.1, -0.05) is 48.5 Å². The molecule has 0 aromatic heterocycles. The van der Waals surface area contributed by atoms with Gasteiger partial charge >= 0.3 is 5.97 Å². The summed E-state index contributed by atoms with van der Waals surface area (Å²) >= 11 is 0. The average molecular weight is 533 g/mol. The van der Waals surface area contributed by atoms with Crippen LogP contribution >= 0.6 is 0 Å². The first-order chi connectivity index (χ1) is 18.8. The van der Waals surface area contributed by atoms with Crippen molar-refractivity contribution in [3.05, 3.63) is 96.1 Å². The number of hydrogen-bond donors (Lipinski definition) is 3. The van der Waals surface area contributed by atoms with Gasteiger partial charge in [-0.15, -0.1) is 6.58 Å². The van der Waals surface area contributed by atoms with E-state index in [-0.39, 0.29) is 17.1 Å². The second-order valence-corrected chi connectivity index (χ2v) is 9.81. The van der Waals surface area contributed by atoms with Gasteiger partial charge in [0.15, 0.2) is 11.2 Å². The van der Waals surface area contributed by atoms with Crippen LogP contribution in [-0.2, 0) is 16.0 Å². The summed E-state index contributed by atoms with van der Waals surface area (Å²) in [6.07, 6.45) is 1.63. The van der Waals surface area contributed by atoms with Crippen molar-refractivity contribution in [2.75, 3.05) is 20.8 Å². The quantitative estimate of drug-likeness (QED) is 0.260. The van der Waals surface area contributed by atoms with E-state index in [2.05, 4.69) is 6.58 Å². The molecule has 39 heavy (non-hydrogen) atoms. The molecule has 1 fully saturated rings. The predicted octanol–water partition coefficient (Wildman–Crippen LogP) is 4.38. The van der Waals surface area contributed by atoms with E-state index in [9.17, 15) is 20.1 Å². The Morgan fingerprint density at radius 3 is 2.38 bits per heavy atom. The smallest absolute Gasteiger partial charge is 0.310 e.